The van der Waals surface area contributed by atoms with E-state index >= 15 is 0 Å². The first-order valence-corrected chi connectivity index (χ1v) is 9.66. The van der Waals surface area contributed by atoms with Crippen molar-refractivity contribution in [3.63, 3.8) is 0 Å². The lowest BCUT2D eigenvalue weighted by Gasteiger charge is -2.39. The third kappa shape index (κ3) is 3.32. The van der Waals surface area contributed by atoms with Crippen LogP contribution in [0.15, 0.2) is 42.5 Å². The lowest BCUT2D eigenvalue weighted by atomic mass is 9.90. The lowest BCUT2D eigenvalue weighted by molar-refractivity contribution is -0.295. The summed E-state index contributed by atoms with van der Waals surface area (Å²) >= 11 is 0. The molecule has 138 valence electrons. The van der Waals surface area contributed by atoms with Gasteiger partial charge in [0.1, 0.15) is 0 Å². The van der Waals surface area contributed by atoms with Gasteiger partial charge >= 0.3 is 0 Å². The van der Waals surface area contributed by atoms with Gasteiger partial charge in [-0.25, -0.2) is 0 Å². The molecule has 0 saturated carbocycles. The third-order valence-corrected chi connectivity index (χ3v) is 5.60. The Bertz CT molecular complexity index is 769. The summed E-state index contributed by atoms with van der Waals surface area (Å²) < 4.78 is 12.3. The molecule has 1 N–H and O–H groups in total. The molecule has 2 aromatic carbocycles. The van der Waals surface area contributed by atoms with Crippen molar-refractivity contribution in [2.24, 2.45) is 0 Å². The standard InChI is InChI=1S/C23H28O3/c1-15(2)19-7-4-17(5-8-19)11-18-6-9-20-14-25-23(22(20)12-18)13-21(24)10-16(3)26-23/h4-9,12,15-16,21,24H,10-11,13-14H2,1-3H3/t16?,21?,23-/m1/s1. The molecule has 3 nitrogen and oxygen atoms in total. The van der Waals surface area contributed by atoms with E-state index in [-0.39, 0.29) is 12.2 Å². The highest BCUT2D eigenvalue weighted by Gasteiger charge is 2.47. The Balaban J connectivity index is 1.60. The average molecular weight is 352 g/mol. The Hall–Kier alpha value is -1.68. The minimum atomic E-state index is -0.774. The van der Waals surface area contributed by atoms with Gasteiger partial charge in [-0.05, 0) is 54.0 Å². The van der Waals surface area contributed by atoms with E-state index in [1.807, 2.05) is 6.92 Å². The van der Waals surface area contributed by atoms with Gasteiger partial charge in [0.25, 0.3) is 0 Å². The lowest BCUT2D eigenvalue weighted by Crippen LogP contribution is -2.43. The molecule has 3 atom stereocenters. The molecule has 26 heavy (non-hydrogen) atoms. The predicted molar refractivity (Wildman–Crippen MR) is 102 cm³/mol. The van der Waals surface area contributed by atoms with Gasteiger partial charge < -0.3 is 14.6 Å². The fourth-order valence-electron chi connectivity index (χ4n) is 4.21. The zero-order chi connectivity index (χ0) is 18.3. The van der Waals surface area contributed by atoms with E-state index in [1.165, 1.54) is 22.3 Å². The number of hydrogen-bond acceptors (Lipinski definition) is 3. The fourth-order valence-corrected chi connectivity index (χ4v) is 4.21. The van der Waals surface area contributed by atoms with Crippen LogP contribution in [-0.4, -0.2) is 17.3 Å². The zero-order valence-corrected chi connectivity index (χ0v) is 15.9. The Morgan fingerprint density at radius 1 is 1.12 bits per heavy atom. The summed E-state index contributed by atoms with van der Waals surface area (Å²) in [5.74, 6) is -0.220. The van der Waals surface area contributed by atoms with E-state index in [9.17, 15) is 5.11 Å². The van der Waals surface area contributed by atoms with Gasteiger partial charge in [-0.15, -0.1) is 0 Å². The normalized spacial score (nSPS) is 27.9. The van der Waals surface area contributed by atoms with Crippen LogP contribution in [0.25, 0.3) is 0 Å². The molecule has 4 rings (SSSR count). The summed E-state index contributed by atoms with van der Waals surface area (Å²) in [7, 11) is 0. The van der Waals surface area contributed by atoms with E-state index in [1.54, 1.807) is 0 Å². The van der Waals surface area contributed by atoms with Crippen molar-refractivity contribution in [1.82, 2.24) is 0 Å². The number of benzene rings is 2. The molecule has 2 heterocycles. The first kappa shape index (κ1) is 17.7. The molecule has 1 spiro atoms. The van der Waals surface area contributed by atoms with E-state index in [0.29, 0.717) is 25.4 Å². The molecule has 2 aromatic rings. The maximum absolute atomic E-state index is 10.2. The molecule has 1 saturated heterocycles. The molecule has 2 unspecified atom stereocenters. The quantitative estimate of drug-likeness (QED) is 0.874. The summed E-state index contributed by atoms with van der Waals surface area (Å²) in [5.41, 5.74) is 6.20. The highest BCUT2D eigenvalue weighted by atomic mass is 16.7. The van der Waals surface area contributed by atoms with Crippen molar-refractivity contribution < 1.29 is 14.6 Å². The van der Waals surface area contributed by atoms with Crippen molar-refractivity contribution >= 4 is 0 Å². The smallest absolute Gasteiger partial charge is 0.198 e. The average Bonchev–Trinajstić information content (AvgIpc) is 2.92. The molecule has 2 aliphatic rings. The van der Waals surface area contributed by atoms with Crippen molar-refractivity contribution in [1.29, 1.82) is 0 Å². The predicted octanol–water partition coefficient (Wildman–Crippen LogP) is 4.64. The number of fused-ring (bicyclic) bond motifs is 2. The van der Waals surface area contributed by atoms with Crippen LogP contribution in [0.5, 0.6) is 0 Å². The molecule has 1 fully saturated rings. The maximum Gasteiger partial charge on any atom is 0.198 e. The van der Waals surface area contributed by atoms with Gasteiger partial charge in [-0.2, -0.15) is 0 Å². The van der Waals surface area contributed by atoms with Crippen LogP contribution < -0.4 is 0 Å². The first-order chi connectivity index (χ1) is 12.4. The molecule has 3 heteroatoms. The minimum Gasteiger partial charge on any atom is -0.393 e. The van der Waals surface area contributed by atoms with Crippen molar-refractivity contribution in [3.8, 4) is 0 Å². The van der Waals surface area contributed by atoms with Gasteiger partial charge in [0.2, 0.25) is 0 Å². The molecule has 2 aliphatic heterocycles. The molecule has 0 bridgehead atoms. The SMILES string of the molecule is CC1CC(O)C[C@@]2(OCc3ccc(Cc4ccc(C(C)C)cc4)cc32)O1. The highest BCUT2D eigenvalue weighted by molar-refractivity contribution is 5.40. The summed E-state index contributed by atoms with van der Waals surface area (Å²) in [6.45, 7) is 6.99. The fraction of sp³-hybridized carbons (Fsp3) is 0.478. The Labute approximate surface area is 156 Å². The largest absolute Gasteiger partial charge is 0.393 e. The summed E-state index contributed by atoms with van der Waals surface area (Å²) in [4.78, 5) is 0. The zero-order valence-electron chi connectivity index (χ0n) is 15.9. The van der Waals surface area contributed by atoms with Gasteiger partial charge in [0, 0.05) is 12.0 Å². The monoisotopic (exact) mass is 352 g/mol. The molecule has 0 aliphatic carbocycles. The van der Waals surface area contributed by atoms with E-state index in [2.05, 4.69) is 56.3 Å². The van der Waals surface area contributed by atoms with Crippen molar-refractivity contribution in [2.45, 2.75) is 70.6 Å². The minimum absolute atomic E-state index is 0.00284. The molecular formula is C23H28O3. The van der Waals surface area contributed by atoms with Crippen molar-refractivity contribution in [3.05, 3.63) is 70.3 Å². The van der Waals surface area contributed by atoms with Gasteiger partial charge in [0.05, 0.1) is 18.8 Å². The number of aliphatic hydroxyl groups is 1. The van der Waals surface area contributed by atoms with Crippen LogP contribution in [0.3, 0.4) is 0 Å². The Morgan fingerprint density at radius 3 is 2.54 bits per heavy atom. The number of ether oxygens (including phenoxy) is 2. The van der Waals surface area contributed by atoms with E-state index < -0.39 is 5.79 Å². The third-order valence-electron chi connectivity index (χ3n) is 5.60. The number of aliphatic hydroxyl groups excluding tert-OH is 1. The molecule has 0 radical (unpaired) electrons. The summed E-state index contributed by atoms with van der Waals surface area (Å²) in [5, 5.41) is 10.2. The maximum atomic E-state index is 10.2. The van der Waals surface area contributed by atoms with E-state index in [0.717, 1.165) is 12.0 Å². The van der Waals surface area contributed by atoms with Crippen LogP contribution >= 0.6 is 0 Å². The van der Waals surface area contributed by atoms with Gasteiger partial charge in [0.15, 0.2) is 5.79 Å². The second-order valence-electron chi connectivity index (χ2n) is 8.13. The molecule has 0 aromatic heterocycles. The topological polar surface area (TPSA) is 38.7 Å². The van der Waals surface area contributed by atoms with Gasteiger partial charge in [-0.3, -0.25) is 0 Å². The second kappa shape index (κ2) is 6.80. The van der Waals surface area contributed by atoms with Crippen LogP contribution in [0.1, 0.15) is 67.3 Å². The highest BCUT2D eigenvalue weighted by Crippen LogP contribution is 2.45. The number of hydrogen-bond donors (Lipinski definition) is 1. The summed E-state index contributed by atoms with van der Waals surface area (Å²) in [6, 6.07) is 15.4. The Morgan fingerprint density at radius 2 is 1.85 bits per heavy atom. The molecular weight excluding hydrogens is 324 g/mol. The van der Waals surface area contributed by atoms with Crippen LogP contribution in [0, 0.1) is 0 Å². The number of rotatable bonds is 3. The van der Waals surface area contributed by atoms with Crippen LogP contribution in [0.2, 0.25) is 0 Å². The van der Waals surface area contributed by atoms with Crippen molar-refractivity contribution in [2.75, 3.05) is 0 Å². The first-order valence-electron chi connectivity index (χ1n) is 9.66. The van der Waals surface area contributed by atoms with Crippen LogP contribution in [-0.2, 0) is 28.3 Å². The van der Waals surface area contributed by atoms with Crippen LogP contribution in [0.4, 0.5) is 0 Å². The van der Waals surface area contributed by atoms with E-state index in [4.69, 9.17) is 9.47 Å². The second-order valence-corrected chi connectivity index (χ2v) is 8.13. The molecule has 0 amide bonds. The Kier molecular flexibility index (Phi) is 4.64. The summed E-state index contributed by atoms with van der Waals surface area (Å²) in [6.07, 6.45) is 1.69. The van der Waals surface area contributed by atoms with Gasteiger partial charge in [-0.1, -0.05) is 50.2 Å².